The lowest BCUT2D eigenvalue weighted by Crippen LogP contribution is -2.06. The van der Waals surface area contributed by atoms with Gasteiger partial charge in [0.05, 0.1) is 12.3 Å². The Hall–Kier alpha value is -1.04. The number of imidazole rings is 1. The van der Waals surface area contributed by atoms with Crippen molar-refractivity contribution in [2.45, 2.75) is 19.6 Å². The summed E-state index contributed by atoms with van der Waals surface area (Å²) in [4.78, 5) is 4.16. The number of halogens is 2. The Kier molecular flexibility index (Phi) is 4.50. The smallest absolute Gasteiger partial charge is 0.147 e. The van der Waals surface area contributed by atoms with Crippen LogP contribution in [-0.2, 0) is 13.7 Å². The summed E-state index contributed by atoms with van der Waals surface area (Å²) in [6, 6.07) is 5.52. The predicted octanol–water partition coefficient (Wildman–Crippen LogP) is 3.47. The van der Waals surface area contributed by atoms with Gasteiger partial charge in [0.2, 0.25) is 0 Å². The fourth-order valence-electron chi connectivity index (χ4n) is 1.68. The summed E-state index contributed by atoms with van der Waals surface area (Å²) < 4.78 is 8.37. The van der Waals surface area contributed by atoms with E-state index in [-0.39, 0.29) is 0 Å². The second-order valence-electron chi connectivity index (χ2n) is 4.20. The van der Waals surface area contributed by atoms with Gasteiger partial charge in [-0.05, 0) is 19.1 Å². The number of rotatable bonds is 4. The van der Waals surface area contributed by atoms with Crippen LogP contribution in [0.25, 0.3) is 0 Å². The zero-order valence-corrected chi connectivity index (χ0v) is 12.9. The van der Waals surface area contributed by atoms with Crippen molar-refractivity contribution in [2.24, 2.45) is 7.05 Å². The van der Waals surface area contributed by atoms with Gasteiger partial charge in [0.1, 0.15) is 23.3 Å². The van der Waals surface area contributed by atoms with Crippen molar-refractivity contribution in [3.05, 3.63) is 45.4 Å². The quantitative estimate of drug-likeness (QED) is 0.923. The summed E-state index contributed by atoms with van der Waals surface area (Å²) in [6.07, 6.45) is 0.990. The number of aliphatic hydroxyl groups excluding tert-OH is 1. The Morgan fingerprint density at radius 2 is 2.26 bits per heavy atom. The minimum absolute atomic E-state index is 0.291. The van der Waals surface area contributed by atoms with Crippen molar-refractivity contribution in [3.63, 3.8) is 0 Å². The zero-order chi connectivity index (χ0) is 14.0. The highest BCUT2D eigenvalue weighted by molar-refractivity contribution is 9.10. The second-order valence-corrected chi connectivity index (χ2v) is 5.51. The van der Waals surface area contributed by atoms with Crippen molar-refractivity contribution in [3.8, 4) is 5.75 Å². The maximum absolute atomic E-state index is 9.71. The van der Waals surface area contributed by atoms with Gasteiger partial charge in [-0.15, -0.1) is 0 Å². The predicted molar refractivity (Wildman–Crippen MR) is 77.3 cm³/mol. The third-order valence-electron chi connectivity index (χ3n) is 2.81. The van der Waals surface area contributed by atoms with Crippen LogP contribution >= 0.6 is 27.5 Å². The summed E-state index contributed by atoms with van der Waals surface area (Å²) in [5.41, 5.74) is 0.739. The molecule has 102 valence electrons. The molecule has 1 aromatic carbocycles. The van der Waals surface area contributed by atoms with Crippen molar-refractivity contribution in [1.82, 2.24) is 9.55 Å². The first-order chi connectivity index (χ1) is 8.99. The molecule has 0 aliphatic rings. The van der Waals surface area contributed by atoms with Crippen LogP contribution in [0.5, 0.6) is 5.75 Å². The molecule has 0 unspecified atom stereocenters. The van der Waals surface area contributed by atoms with Gasteiger partial charge in [0, 0.05) is 17.1 Å². The van der Waals surface area contributed by atoms with Crippen LogP contribution < -0.4 is 4.74 Å². The molecule has 4 nitrogen and oxygen atoms in total. The van der Waals surface area contributed by atoms with E-state index >= 15 is 0 Å². The van der Waals surface area contributed by atoms with Crippen molar-refractivity contribution < 1.29 is 9.84 Å². The van der Waals surface area contributed by atoms with Crippen molar-refractivity contribution in [2.75, 3.05) is 0 Å². The highest BCUT2D eigenvalue weighted by Crippen LogP contribution is 2.29. The third kappa shape index (κ3) is 3.29. The lowest BCUT2D eigenvalue weighted by molar-refractivity contribution is 0.189. The van der Waals surface area contributed by atoms with Gasteiger partial charge in [0.15, 0.2) is 0 Å². The largest absolute Gasteiger partial charge is 0.485 e. The van der Waals surface area contributed by atoms with E-state index < -0.39 is 6.10 Å². The summed E-state index contributed by atoms with van der Waals surface area (Å²) >= 11 is 9.30. The van der Waals surface area contributed by atoms with Gasteiger partial charge in [-0.2, -0.15) is 0 Å². The van der Waals surface area contributed by atoms with E-state index in [2.05, 4.69) is 20.9 Å². The van der Waals surface area contributed by atoms with Gasteiger partial charge < -0.3 is 14.4 Å². The molecular weight excluding hydrogens is 332 g/mol. The third-order valence-corrected chi connectivity index (χ3v) is 3.65. The Labute approximate surface area is 125 Å². The van der Waals surface area contributed by atoms with E-state index in [0.717, 1.165) is 15.9 Å². The van der Waals surface area contributed by atoms with Gasteiger partial charge in [-0.1, -0.05) is 33.6 Å². The van der Waals surface area contributed by atoms with Gasteiger partial charge in [-0.3, -0.25) is 0 Å². The zero-order valence-electron chi connectivity index (χ0n) is 10.6. The number of benzene rings is 1. The lowest BCUT2D eigenvalue weighted by atomic mass is 10.1. The number of hydrogen-bond donors (Lipinski definition) is 1. The molecule has 0 aliphatic heterocycles. The van der Waals surface area contributed by atoms with E-state index in [4.69, 9.17) is 16.3 Å². The molecule has 0 fully saturated rings. The Morgan fingerprint density at radius 3 is 2.84 bits per heavy atom. The second kappa shape index (κ2) is 5.94. The first-order valence-corrected chi connectivity index (χ1v) is 6.92. The van der Waals surface area contributed by atoms with Crippen molar-refractivity contribution in [1.29, 1.82) is 0 Å². The van der Waals surface area contributed by atoms with E-state index in [1.54, 1.807) is 17.7 Å². The number of aliphatic hydroxyl groups is 1. The molecule has 0 radical (unpaired) electrons. The molecule has 1 aromatic heterocycles. The van der Waals surface area contributed by atoms with Crippen molar-refractivity contribution >= 4 is 27.5 Å². The molecule has 1 atom stereocenters. The summed E-state index contributed by atoms with van der Waals surface area (Å²) in [7, 11) is 1.82. The van der Waals surface area contributed by atoms with Crippen LogP contribution in [0.3, 0.4) is 0 Å². The Balaban J connectivity index is 2.19. The molecule has 1 N–H and O–H groups in total. The SMILES string of the molecule is C[C@H](O)c1ccc(Br)cc1OCc1ncc(Cl)n1C. The molecule has 2 rings (SSSR count). The highest BCUT2D eigenvalue weighted by Gasteiger charge is 2.11. The monoisotopic (exact) mass is 344 g/mol. The molecule has 6 heteroatoms. The molecule has 2 aromatic rings. The summed E-state index contributed by atoms with van der Waals surface area (Å²) in [5.74, 6) is 1.35. The van der Waals surface area contributed by atoms with Crippen LogP contribution in [0.4, 0.5) is 0 Å². The average Bonchev–Trinajstić information content (AvgIpc) is 2.67. The van der Waals surface area contributed by atoms with Gasteiger partial charge in [-0.25, -0.2) is 4.98 Å². The minimum atomic E-state index is -0.590. The van der Waals surface area contributed by atoms with Gasteiger partial charge in [0.25, 0.3) is 0 Å². The number of ether oxygens (including phenoxy) is 1. The van der Waals surface area contributed by atoms with Gasteiger partial charge >= 0.3 is 0 Å². The first-order valence-electron chi connectivity index (χ1n) is 5.75. The Morgan fingerprint density at radius 1 is 1.53 bits per heavy atom. The fraction of sp³-hybridized carbons (Fsp3) is 0.308. The molecule has 0 spiro atoms. The van der Waals surface area contributed by atoms with E-state index in [1.807, 2.05) is 25.2 Å². The molecule has 0 saturated heterocycles. The molecular formula is C13H14BrClN2O2. The average molecular weight is 346 g/mol. The van der Waals surface area contributed by atoms with Crippen LogP contribution in [-0.4, -0.2) is 14.7 Å². The van der Waals surface area contributed by atoms with Crippen LogP contribution in [0.1, 0.15) is 24.4 Å². The maximum Gasteiger partial charge on any atom is 0.147 e. The summed E-state index contributed by atoms with van der Waals surface area (Å²) in [6.45, 7) is 1.99. The van der Waals surface area contributed by atoms with Crippen LogP contribution in [0.2, 0.25) is 5.15 Å². The molecule has 1 heterocycles. The molecule has 19 heavy (non-hydrogen) atoms. The molecule has 0 saturated carbocycles. The molecule has 0 bridgehead atoms. The Bertz CT molecular complexity index is 584. The normalized spacial score (nSPS) is 12.5. The number of nitrogens with zero attached hydrogens (tertiary/aromatic N) is 2. The standard InChI is InChI=1S/C13H14BrClN2O2/c1-8(18)10-4-3-9(14)5-11(10)19-7-13-16-6-12(15)17(13)2/h3-6,8,18H,7H2,1-2H3/t8-/m0/s1. The number of hydrogen-bond acceptors (Lipinski definition) is 3. The minimum Gasteiger partial charge on any atom is -0.485 e. The molecule has 0 amide bonds. The van der Waals surface area contributed by atoms with E-state index in [9.17, 15) is 5.11 Å². The first kappa shape index (κ1) is 14.4. The number of aromatic nitrogens is 2. The lowest BCUT2D eigenvalue weighted by Gasteiger charge is -2.13. The van der Waals surface area contributed by atoms with E-state index in [1.165, 1.54) is 0 Å². The highest BCUT2D eigenvalue weighted by atomic mass is 79.9. The fourth-order valence-corrected chi connectivity index (χ4v) is 2.17. The van der Waals surface area contributed by atoms with Crippen LogP contribution in [0, 0.1) is 0 Å². The summed E-state index contributed by atoms with van der Waals surface area (Å²) in [5, 5.41) is 10.3. The van der Waals surface area contributed by atoms with Crippen LogP contribution in [0.15, 0.2) is 28.9 Å². The maximum atomic E-state index is 9.71. The molecule has 0 aliphatic carbocycles. The topological polar surface area (TPSA) is 47.3 Å². The van der Waals surface area contributed by atoms with E-state index in [0.29, 0.717) is 17.5 Å².